The molecule has 1 unspecified atom stereocenters. The maximum atomic E-state index is 4.39. The van der Waals surface area contributed by atoms with E-state index >= 15 is 0 Å². The number of hydrogen-bond acceptors (Lipinski definition) is 3. The quantitative estimate of drug-likeness (QED) is 0.886. The van der Waals surface area contributed by atoms with Crippen LogP contribution in [0.25, 0.3) is 0 Å². The van der Waals surface area contributed by atoms with Crippen LogP contribution in [-0.4, -0.2) is 11.5 Å². The van der Waals surface area contributed by atoms with E-state index in [2.05, 4.69) is 57.4 Å². The average molecular weight is 325 g/mol. The highest BCUT2D eigenvalue weighted by atomic mass is 79.9. The van der Waals surface area contributed by atoms with Gasteiger partial charge in [-0.3, -0.25) is 4.98 Å². The standard InChI is InChI=1S/C14H17BrN2S/c1-3-8-16-14(12-6-7-13(15)18-12)11-5-4-10(2)17-9-11/h4-7,9,14,16H,3,8H2,1-2H3. The van der Waals surface area contributed by atoms with Gasteiger partial charge in [0.05, 0.1) is 9.83 Å². The van der Waals surface area contributed by atoms with Crippen molar-refractivity contribution in [3.8, 4) is 0 Å². The van der Waals surface area contributed by atoms with Crippen LogP contribution >= 0.6 is 27.3 Å². The van der Waals surface area contributed by atoms with Crippen molar-refractivity contribution in [3.05, 3.63) is 50.4 Å². The highest BCUT2D eigenvalue weighted by Gasteiger charge is 2.15. The van der Waals surface area contributed by atoms with Crippen molar-refractivity contribution in [1.29, 1.82) is 0 Å². The van der Waals surface area contributed by atoms with Crippen molar-refractivity contribution in [1.82, 2.24) is 10.3 Å². The second-order valence-corrected chi connectivity index (χ2v) is 6.76. The Balaban J connectivity index is 2.27. The summed E-state index contributed by atoms with van der Waals surface area (Å²) in [7, 11) is 0. The summed E-state index contributed by atoms with van der Waals surface area (Å²) in [5.41, 5.74) is 2.28. The molecule has 0 aliphatic carbocycles. The van der Waals surface area contributed by atoms with Crippen molar-refractivity contribution in [2.24, 2.45) is 0 Å². The number of rotatable bonds is 5. The Morgan fingerprint density at radius 3 is 2.72 bits per heavy atom. The first kappa shape index (κ1) is 13.7. The molecule has 4 heteroatoms. The van der Waals surface area contributed by atoms with Crippen LogP contribution in [0.1, 0.15) is 35.5 Å². The van der Waals surface area contributed by atoms with E-state index in [9.17, 15) is 0 Å². The van der Waals surface area contributed by atoms with Gasteiger partial charge in [-0.15, -0.1) is 11.3 Å². The zero-order chi connectivity index (χ0) is 13.0. The Kier molecular flexibility index (Phi) is 4.92. The summed E-state index contributed by atoms with van der Waals surface area (Å²) in [6.45, 7) is 5.20. The molecule has 2 aromatic rings. The van der Waals surface area contributed by atoms with Crippen LogP contribution in [0.3, 0.4) is 0 Å². The van der Waals surface area contributed by atoms with E-state index in [4.69, 9.17) is 0 Å². The fraction of sp³-hybridized carbons (Fsp3) is 0.357. The van der Waals surface area contributed by atoms with Gasteiger partial charge in [0, 0.05) is 16.8 Å². The summed E-state index contributed by atoms with van der Waals surface area (Å²) in [5, 5.41) is 3.58. The topological polar surface area (TPSA) is 24.9 Å². The SMILES string of the molecule is CCCNC(c1ccc(C)nc1)c1ccc(Br)s1. The largest absolute Gasteiger partial charge is 0.306 e. The van der Waals surface area contributed by atoms with Crippen LogP contribution in [0.15, 0.2) is 34.2 Å². The van der Waals surface area contributed by atoms with Gasteiger partial charge < -0.3 is 5.32 Å². The summed E-state index contributed by atoms with van der Waals surface area (Å²) in [6, 6.07) is 8.74. The third-order valence-electron chi connectivity index (χ3n) is 2.74. The average Bonchev–Trinajstić information content (AvgIpc) is 2.78. The van der Waals surface area contributed by atoms with E-state index in [1.54, 1.807) is 11.3 Å². The van der Waals surface area contributed by atoms with E-state index < -0.39 is 0 Å². The molecule has 0 bridgehead atoms. The minimum Gasteiger partial charge on any atom is -0.306 e. The Morgan fingerprint density at radius 2 is 2.17 bits per heavy atom. The van der Waals surface area contributed by atoms with Gasteiger partial charge >= 0.3 is 0 Å². The predicted molar refractivity (Wildman–Crippen MR) is 81.1 cm³/mol. The summed E-state index contributed by atoms with van der Waals surface area (Å²) in [5.74, 6) is 0. The first-order chi connectivity index (χ1) is 8.70. The molecule has 0 aliphatic rings. The van der Waals surface area contributed by atoms with Crippen LogP contribution in [0.4, 0.5) is 0 Å². The molecule has 0 saturated heterocycles. The number of nitrogens with zero attached hydrogens (tertiary/aromatic N) is 1. The predicted octanol–water partition coefficient (Wildman–Crippen LogP) is 4.30. The number of hydrogen-bond donors (Lipinski definition) is 1. The number of pyridine rings is 1. The summed E-state index contributed by atoms with van der Waals surface area (Å²) >= 11 is 5.30. The minimum atomic E-state index is 0.245. The van der Waals surface area contributed by atoms with Crippen LogP contribution in [0, 0.1) is 6.92 Å². The molecule has 2 heterocycles. The molecule has 0 fully saturated rings. The van der Waals surface area contributed by atoms with Crippen molar-refractivity contribution in [2.75, 3.05) is 6.54 Å². The molecule has 0 radical (unpaired) electrons. The zero-order valence-corrected chi connectivity index (χ0v) is 13.0. The van der Waals surface area contributed by atoms with Crippen LogP contribution in [0.5, 0.6) is 0 Å². The monoisotopic (exact) mass is 324 g/mol. The lowest BCUT2D eigenvalue weighted by Gasteiger charge is -2.17. The minimum absolute atomic E-state index is 0.245. The van der Waals surface area contributed by atoms with E-state index in [0.29, 0.717) is 0 Å². The second-order valence-electron chi connectivity index (χ2n) is 4.26. The molecule has 2 rings (SSSR count). The van der Waals surface area contributed by atoms with Gasteiger partial charge in [0.1, 0.15) is 0 Å². The Bertz CT molecular complexity index is 493. The third kappa shape index (κ3) is 3.40. The molecule has 0 spiro atoms. The zero-order valence-electron chi connectivity index (χ0n) is 10.6. The highest BCUT2D eigenvalue weighted by molar-refractivity contribution is 9.11. The first-order valence-electron chi connectivity index (χ1n) is 6.12. The molecule has 0 saturated carbocycles. The summed E-state index contributed by atoms with van der Waals surface area (Å²) in [4.78, 5) is 5.71. The fourth-order valence-corrected chi connectivity index (χ4v) is 3.33. The molecule has 1 N–H and O–H groups in total. The number of aromatic nitrogens is 1. The number of aryl methyl sites for hydroxylation is 1. The number of halogens is 1. The molecule has 2 aromatic heterocycles. The van der Waals surface area contributed by atoms with Gasteiger partial charge in [0.15, 0.2) is 0 Å². The molecule has 2 nitrogen and oxygen atoms in total. The van der Waals surface area contributed by atoms with Gasteiger partial charge in [0.2, 0.25) is 0 Å². The molecule has 0 aromatic carbocycles. The van der Waals surface area contributed by atoms with Gasteiger partial charge in [-0.2, -0.15) is 0 Å². The van der Waals surface area contributed by atoms with Crippen molar-refractivity contribution < 1.29 is 0 Å². The first-order valence-corrected chi connectivity index (χ1v) is 7.73. The summed E-state index contributed by atoms with van der Waals surface area (Å²) < 4.78 is 1.17. The highest BCUT2D eigenvalue weighted by Crippen LogP contribution is 2.31. The van der Waals surface area contributed by atoms with Gasteiger partial charge in [0.25, 0.3) is 0 Å². The Labute approximate surface area is 121 Å². The van der Waals surface area contributed by atoms with E-state index in [-0.39, 0.29) is 6.04 Å². The Hall–Kier alpha value is -0.710. The van der Waals surface area contributed by atoms with Crippen molar-refractivity contribution in [2.45, 2.75) is 26.3 Å². The molecular formula is C14H17BrN2S. The normalized spacial score (nSPS) is 12.6. The molecule has 0 aliphatic heterocycles. The number of nitrogens with one attached hydrogen (secondary N) is 1. The smallest absolute Gasteiger partial charge is 0.0702 e. The Morgan fingerprint density at radius 1 is 1.33 bits per heavy atom. The molecule has 1 atom stereocenters. The lowest BCUT2D eigenvalue weighted by molar-refractivity contribution is 0.604. The lowest BCUT2D eigenvalue weighted by atomic mass is 10.1. The third-order valence-corrected chi connectivity index (χ3v) is 4.43. The van der Waals surface area contributed by atoms with Crippen LogP contribution < -0.4 is 5.32 Å². The van der Waals surface area contributed by atoms with Crippen molar-refractivity contribution >= 4 is 27.3 Å². The van der Waals surface area contributed by atoms with Gasteiger partial charge in [-0.25, -0.2) is 0 Å². The van der Waals surface area contributed by atoms with Crippen LogP contribution in [-0.2, 0) is 0 Å². The molecule has 0 amide bonds. The molecule has 18 heavy (non-hydrogen) atoms. The van der Waals surface area contributed by atoms with Crippen LogP contribution in [0.2, 0.25) is 0 Å². The van der Waals surface area contributed by atoms with Gasteiger partial charge in [-0.05, 0) is 59.6 Å². The lowest BCUT2D eigenvalue weighted by Crippen LogP contribution is -2.22. The summed E-state index contributed by atoms with van der Waals surface area (Å²) in [6.07, 6.45) is 3.10. The fourth-order valence-electron chi connectivity index (χ4n) is 1.80. The van der Waals surface area contributed by atoms with Gasteiger partial charge in [-0.1, -0.05) is 13.0 Å². The van der Waals surface area contributed by atoms with Crippen molar-refractivity contribution in [3.63, 3.8) is 0 Å². The molecular weight excluding hydrogens is 308 g/mol. The van der Waals surface area contributed by atoms with E-state index in [0.717, 1.165) is 18.7 Å². The number of thiophene rings is 1. The maximum Gasteiger partial charge on any atom is 0.0702 e. The second kappa shape index (κ2) is 6.45. The maximum absolute atomic E-state index is 4.39. The van der Waals surface area contributed by atoms with E-state index in [1.165, 1.54) is 14.2 Å². The van der Waals surface area contributed by atoms with E-state index in [1.807, 2.05) is 13.1 Å². The molecule has 96 valence electrons.